The van der Waals surface area contributed by atoms with Gasteiger partial charge in [-0.3, -0.25) is 0 Å². The Morgan fingerprint density at radius 1 is 1.20 bits per heavy atom. The molecule has 0 bridgehead atoms. The van der Waals surface area contributed by atoms with E-state index in [4.69, 9.17) is 4.84 Å². The first-order valence-corrected chi connectivity index (χ1v) is 6.41. The molecule has 1 aliphatic rings. The highest BCUT2D eigenvalue weighted by Gasteiger charge is 2.24. The van der Waals surface area contributed by atoms with Gasteiger partial charge in [0.2, 0.25) is 0 Å². The van der Waals surface area contributed by atoms with Crippen LogP contribution in [0.2, 0.25) is 0 Å². The fraction of sp³-hybridized carbons (Fsp3) is 0.188. The molecule has 0 aliphatic carbocycles. The maximum atomic E-state index is 12.9. The molecule has 0 radical (unpaired) electrons. The van der Waals surface area contributed by atoms with E-state index in [0.29, 0.717) is 6.42 Å². The third-order valence-electron chi connectivity index (χ3n) is 3.44. The van der Waals surface area contributed by atoms with E-state index in [9.17, 15) is 9.50 Å². The topological polar surface area (TPSA) is 41.8 Å². The molecule has 0 saturated heterocycles. The first-order chi connectivity index (χ1) is 9.63. The molecule has 1 atom stereocenters. The molecule has 0 fully saturated rings. The van der Waals surface area contributed by atoms with Gasteiger partial charge in [-0.05, 0) is 53.9 Å². The Kier molecular flexibility index (Phi) is 3.14. The van der Waals surface area contributed by atoms with Gasteiger partial charge in [0, 0.05) is 6.42 Å². The van der Waals surface area contributed by atoms with E-state index in [1.165, 1.54) is 12.1 Å². The zero-order valence-electron chi connectivity index (χ0n) is 11.0. The predicted molar refractivity (Wildman–Crippen MR) is 74.2 cm³/mol. The maximum absolute atomic E-state index is 12.9. The first kappa shape index (κ1) is 12.7. The number of benzene rings is 2. The summed E-state index contributed by atoms with van der Waals surface area (Å²) in [6.07, 6.45) is 0.454. The monoisotopic (exact) mass is 271 g/mol. The lowest BCUT2D eigenvalue weighted by Crippen LogP contribution is -2.02. The van der Waals surface area contributed by atoms with Gasteiger partial charge in [-0.25, -0.2) is 4.39 Å². The fourth-order valence-electron chi connectivity index (χ4n) is 2.24. The molecule has 1 aliphatic heterocycles. The maximum Gasteiger partial charge on any atom is 0.158 e. The fourth-order valence-corrected chi connectivity index (χ4v) is 2.24. The zero-order valence-corrected chi connectivity index (χ0v) is 11.0. The number of halogens is 1. The average molecular weight is 271 g/mol. The van der Waals surface area contributed by atoms with Crippen LogP contribution in [0.5, 0.6) is 5.75 Å². The summed E-state index contributed by atoms with van der Waals surface area (Å²) in [5, 5.41) is 13.6. The number of oxime groups is 1. The largest absolute Gasteiger partial charge is 0.508 e. The highest BCUT2D eigenvalue weighted by molar-refractivity contribution is 6.01. The van der Waals surface area contributed by atoms with Crippen molar-refractivity contribution in [2.75, 3.05) is 0 Å². The van der Waals surface area contributed by atoms with Gasteiger partial charge < -0.3 is 9.94 Å². The van der Waals surface area contributed by atoms with Crippen molar-refractivity contribution in [2.45, 2.75) is 19.4 Å². The Bertz CT molecular complexity index is 665. The van der Waals surface area contributed by atoms with Gasteiger partial charge in [-0.1, -0.05) is 17.3 Å². The Morgan fingerprint density at radius 2 is 1.95 bits per heavy atom. The average Bonchev–Trinajstić information content (AvgIpc) is 2.92. The standard InChI is InChI=1S/C16H14FNO2/c1-10-8-12(4-7-15(10)19)14-9-16(20-18-14)11-2-5-13(17)6-3-11/h2-8,16,19H,9H2,1H3. The quantitative estimate of drug-likeness (QED) is 0.904. The van der Waals surface area contributed by atoms with Crippen molar-refractivity contribution in [1.82, 2.24) is 0 Å². The third-order valence-corrected chi connectivity index (χ3v) is 3.44. The summed E-state index contributed by atoms with van der Waals surface area (Å²) in [5.74, 6) is 0.00500. The summed E-state index contributed by atoms with van der Waals surface area (Å²) in [6, 6.07) is 11.6. The number of phenolic OH excluding ortho intramolecular Hbond substituents is 1. The Labute approximate surface area is 116 Å². The highest BCUT2D eigenvalue weighted by atomic mass is 19.1. The molecule has 3 nitrogen and oxygen atoms in total. The van der Waals surface area contributed by atoms with Crippen LogP contribution < -0.4 is 0 Å². The zero-order chi connectivity index (χ0) is 14.1. The van der Waals surface area contributed by atoms with E-state index in [1.54, 1.807) is 18.2 Å². The molecule has 0 amide bonds. The summed E-state index contributed by atoms with van der Waals surface area (Å²) in [4.78, 5) is 5.42. The minimum atomic E-state index is -0.262. The van der Waals surface area contributed by atoms with Crippen LogP contribution in [0.3, 0.4) is 0 Å². The van der Waals surface area contributed by atoms with Gasteiger partial charge in [0.15, 0.2) is 6.10 Å². The van der Waals surface area contributed by atoms with Crippen molar-refractivity contribution < 1.29 is 14.3 Å². The van der Waals surface area contributed by atoms with Crippen molar-refractivity contribution in [3.05, 3.63) is 65.0 Å². The van der Waals surface area contributed by atoms with Gasteiger partial charge in [0.25, 0.3) is 0 Å². The van der Waals surface area contributed by atoms with Crippen LogP contribution in [0.15, 0.2) is 47.6 Å². The minimum Gasteiger partial charge on any atom is -0.508 e. The van der Waals surface area contributed by atoms with E-state index >= 15 is 0 Å². The number of nitrogens with zero attached hydrogens (tertiary/aromatic N) is 1. The molecule has 4 heteroatoms. The van der Waals surface area contributed by atoms with Crippen LogP contribution in [0.4, 0.5) is 4.39 Å². The Hall–Kier alpha value is -2.36. The van der Waals surface area contributed by atoms with E-state index in [2.05, 4.69) is 5.16 Å². The summed E-state index contributed by atoms with van der Waals surface area (Å²) in [7, 11) is 0. The van der Waals surface area contributed by atoms with Crippen LogP contribution >= 0.6 is 0 Å². The molecular formula is C16H14FNO2. The molecule has 2 aromatic rings. The van der Waals surface area contributed by atoms with E-state index in [0.717, 1.165) is 22.4 Å². The minimum absolute atomic E-state index is 0.181. The third kappa shape index (κ3) is 2.37. The summed E-state index contributed by atoms with van der Waals surface area (Å²) in [6.45, 7) is 1.84. The molecule has 1 N–H and O–H groups in total. The summed E-state index contributed by atoms with van der Waals surface area (Å²) >= 11 is 0. The predicted octanol–water partition coefficient (Wildman–Crippen LogP) is 3.71. The number of phenols is 1. The number of rotatable bonds is 2. The van der Waals surface area contributed by atoms with Gasteiger partial charge in [0.05, 0.1) is 5.71 Å². The molecule has 3 rings (SSSR count). The van der Waals surface area contributed by atoms with Crippen molar-refractivity contribution in [1.29, 1.82) is 0 Å². The lowest BCUT2D eigenvalue weighted by molar-refractivity contribution is 0.0857. The molecule has 0 aromatic heterocycles. The number of hydrogen-bond donors (Lipinski definition) is 1. The molecule has 102 valence electrons. The Balaban J connectivity index is 1.78. The van der Waals surface area contributed by atoms with Crippen molar-refractivity contribution in [3.63, 3.8) is 0 Å². The van der Waals surface area contributed by atoms with Crippen LogP contribution in [-0.2, 0) is 4.84 Å². The number of aromatic hydroxyl groups is 1. The molecule has 1 unspecified atom stereocenters. The van der Waals surface area contributed by atoms with Crippen molar-refractivity contribution >= 4 is 5.71 Å². The SMILES string of the molecule is Cc1cc(C2=NOC(c3ccc(F)cc3)C2)ccc1O. The van der Waals surface area contributed by atoms with Crippen molar-refractivity contribution in [2.24, 2.45) is 5.16 Å². The van der Waals surface area contributed by atoms with Gasteiger partial charge in [-0.15, -0.1) is 0 Å². The van der Waals surface area contributed by atoms with Crippen LogP contribution in [0.1, 0.15) is 29.2 Å². The second-order valence-electron chi connectivity index (χ2n) is 4.89. The first-order valence-electron chi connectivity index (χ1n) is 6.41. The van der Waals surface area contributed by atoms with E-state index in [-0.39, 0.29) is 17.7 Å². The van der Waals surface area contributed by atoms with Crippen LogP contribution in [-0.4, -0.2) is 10.8 Å². The number of hydrogen-bond acceptors (Lipinski definition) is 3. The summed E-state index contributed by atoms with van der Waals surface area (Å²) < 4.78 is 12.9. The second kappa shape index (κ2) is 4.96. The summed E-state index contributed by atoms with van der Waals surface area (Å²) in [5.41, 5.74) is 3.48. The smallest absolute Gasteiger partial charge is 0.158 e. The molecule has 20 heavy (non-hydrogen) atoms. The number of aryl methyl sites for hydroxylation is 1. The van der Waals surface area contributed by atoms with Crippen LogP contribution in [0, 0.1) is 12.7 Å². The molecule has 0 saturated carbocycles. The lowest BCUT2D eigenvalue weighted by atomic mass is 9.99. The molecular weight excluding hydrogens is 257 g/mol. The molecule has 0 spiro atoms. The Morgan fingerprint density at radius 3 is 2.65 bits per heavy atom. The van der Waals surface area contributed by atoms with Gasteiger partial charge in [-0.2, -0.15) is 0 Å². The highest BCUT2D eigenvalue weighted by Crippen LogP contribution is 2.30. The molecule has 2 aromatic carbocycles. The van der Waals surface area contributed by atoms with Gasteiger partial charge in [0.1, 0.15) is 11.6 Å². The normalized spacial score (nSPS) is 17.7. The van der Waals surface area contributed by atoms with Crippen molar-refractivity contribution in [3.8, 4) is 5.75 Å². The van der Waals surface area contributed by atoms with Crippen LogP contribution in [0.25, 0.3) is 0 Å². The van der Waals surface area contributed by atoms with E-state index < -0.39 is 0 Å². The van der Waals surface area contributed by atoms with Gasteiger partial charge >= 0.3 is 0 Å². The molecule has 1 heterocycles. The lowest BCUT2D eigenvalue weighted by Gasteiger charge is -2.08. The van der Waals surface area contributed by atoms with E-state index in [1.807, 2.05) is 19.1 Å². The second-order valence-corrected chi connectivity index (χ2v) is 4.89.